The van der Waals surface area contributed by atoms with Crippen molar-refractivity contribution in [2.45, 2.75) is 33.1 Å². The SMILES string of the molecule is CC1CCc2sc(C(=O)NCC3(C)COC3)cc2C1. The number of ether oxygens (including phenoxy) is 1. The molecular weight excluding hydrogens is 258 g/mol. The summed E-state index contributed by atoms with van der Waals surface area (Å²) in [5, 5.41) is 3.05. The van der Waals surface area contributed by atoms with Crippen LogP contribution in [0.4, 0.5) is 0 Å². The molecule has 1 atom stereocenters. The predicted octanol–water partition coefficient (Wildman–Crippen LogP) is 2.64. The van der Waals surface area contributed by atoms with Crippen LogP contribution in [0.5, 0.6) is 0 Å². The molecule has 1 amide bonds. The van der Waals surface area contributed by atoms with Gasteiger partial charge in [-0.15, -0.1) is 11.3 Å². The summed E-state index contributed by atoms with van der Waals surface area (Å²) in [6.45, 7) is 6.66. The minimum Gasteiger partial charge on any atom is -0.380 e. The highest BCUT2D eigenvalue weighted by molar-refractivity contribution is 7.14. The van der Waals surface area contributed by atoms with Gasteiger partial charge in [-0.25, -0.2) is 0 Å². The molecule has 2 heterocycles. The first-order chi connectivity index (χ1) is 9.06. The van der Waals surface area contributed by atoms with E-state index in [1.807, 2.05) is 0 Å². The maximum Gasteiger partial charge on any atom is 0.261 e. The molecule has 19 heavy (non-hydrogen) atoms. The molecule has 0 bridgehead atoms. The zero-order valence-corrected chi connectivity index (χ0v) is 12.4. The van der Waals surface area contributed by atoms with Gasteiger partial charge < -0.3 is 10.1 Å². The summed E-state index contributed by atoms with van der Waals surface area (Å²) < 4.78 is 5.21. The molecule has 1 fully saturated rings. The monoisotopic (exact) mass is 279 g/mol. The van der Waals surface area contributed by atoms with Gasteiger partial charge in [0.25, 0.3) is 5.91 Å². The average molecular weight is 279 g/mol. The van der Waals surface area contributed by atoms with Crippen LogP contribution in [-0.4, -0.2) is 25.7 Å². The number of aryl methyl sites for hydroxylation is 1. The van der Waals surface area contributed by atoms with Gasteiger partial charge in [0.1, 0.15) is 0 Å². The van der Waals surface area contributed by atoms with Gasteiger partial charge in [-0.2, -0.15) is 0 Å². The molecule has 1 N–H and O–H groups in total. The second-order valence-corrected chi connectivity index (χ2v) is 7.53. The molecule has 3 rings (SSSR count). The molecule has 1 aromatic rings. The number of nitrogens with one attached hydrogen (secondary N) is 1. The Balaban J connectivity index is 1.64. The number of carbonyl (C=O) groups is 1. The topological polar surface area (TPSA) is 38.3 Å². The summed E-state index contributed by atoms with van der Waals surface area (Å²) in [5.41, 5.74) is 1.54. The lowest BCUT2D eigenvalue weighted by Gasteiger charge is -2.37. The molecule has 4 heteroatoms. The van der Waals surface area contributed by atoms with Crippen molar-refractivity contribution in [3.05, 3.63) is 21.4 Å². The van der Waals surface area contributed by atoms with Gasteiger partial charge in [0.05, 0.1) is 18.1 Å². The van der Waals surface area contributed by atoms with Crippen molar-refractivity contribution in [2.75, 3.05) is 19.8 Å². The van der Waals surface area contributed by atoms with Gasteiger partial charge in [-0.1, -0.05) is 13.8 Å². The zero-order valence-electron chi connectivity index (χ0n) is 11.6. The normalized spacial score (nSPS) is 24.4. The van der Waals surface area contributed by atoms with Crippen molar-refractivity contribution in [1.29, 1.82) is 0 Å². The Kier molecular flexibility index (Phi) is 3.39. The summed E-state index contributed by atoms with van der Waals surface area (Å²) in [7, 11) is 0. The van der Waals surface area contributed by atoms with Crippen molar-refractivity contribution in [1.82, 2.24) is 5.32 Å². The van der Waals surface area contributed by atoms with Crippen LogP contribution >= 0.6 is 11.3 Å². The van der Waals surface area contributed by atoms with Crippen LogP contribution in [0.1, 0.15) is 40.4 Å². The third kappa shape index (κ3) is 2.70. The molecule has 1 unspecified atom stereocenters. The van der Waals surface area contributed by atoms with Crippen molar-refractivity contribution >= 4 is 17.2 Å². The number of hydrogen-bond donors (Lipinski definition) is 1. The second-order valence-electron chi connectivity index (χ2n) is 6.39. The molecule has 104 valence electrons. The van der Waals surface area contributed by atoms with E-state index in [1.54, 1.807) is 11.3 Å². The Morgan fingerprint density at radius 3 is 3.05 bits per heavy atom. The maximum absolute atomic E-state index is 12.2. The first kappa shape index (κ1) is 13.1. The molecule has 3 nitrogen and oxygen atoms in total. The lowest BCUT2D eigenvalue weighted by Crippen LogP contribution is -2.48. The average Bonchev–Trinajstić information content (AvgIpc) is 2.76. The van der Waals surface area contributed by atoms with E-state index < -0.39 is 0 Å². The van der Waals surface area contributed by atoms with Crippen LogP contribution in [0, 0.1) is 11.3 Å². The van der Waals surface area contributed by atoms with E-state index >= 15 is 0 Å². The highest BCUT2D eigenvalue weighted by Gasteiger charge is 2.33. The molecule has 1 saturated heterocycles. The fourth-order valence-electron chi connectivity index (χ4n) is 2.75. The van der Waals surface area contributed by atoms with Crippen LogP contribution in [-0.2, 0) is 17.6 Å². The van der Waals surface area contributed by atoms with Crippen LogP contribution in [0.3, 0.4) is 0 Å². The third-order valence-electron chi connectivity index (χ3n) is 4.13. The zero-order chi connectivity index (χ0) is 13.5. The van der Waals surface area contributed by atoms with Crippen molar-refractivity contribution in [3.63, 3.8) is 0 Å². The van der Waals surface area contributed by atoms with Crippen molar-refractivity contribution < 1.29 is 9.53 Å². The van der Waals surface area contributed by atoms with Crippen molar-refractivity contribution in [2.24, 2.45) is 11.3 Å². The number of hydrogen-bond acceptors (Lipinski definition) is 3. The van der Waals surface area contributed by atoms with Crippen LogP contribution in [0.2, 0.25) is 0 Å². The molecule has 0 radical (unpaired) electrons. The Bertz CT molecular complexity index is 490. The maximum atomic E-state index is 12.2. The Morgan fingerprint density at radius 1 is 1.58 bits per heavy atom. The Labute approximate surface area is 118 Å². The largest absolute Gasteiger partial charge is 0.380 e. The number of rotatable bonds is 3. The summed E-state index contributed by atoms with van der Waals surface area (Å²) in [6, 6.07) is 2.10. The first-order valence-electron chi connectivity index (χ1n) is 7.03. The lowest BCUT2D eigenvalue weighted by atomic mass is 9.88. The fraction of sp³-hybridized carbons (Fsp3) is 0.667. The Morgan fingerprint density at radius 2 is 2.37 bits per heavy atom. The summed E-state index contributed by atoms with van der Waals surface area (Å²) in [4.78, 5) is 14.5. The number of carbonyl (C=O) groups excluding carboxylic acids is 1. The van der Waals surface area contributed by atoms with Crippen LogP contribution < -0.4 is 5.32 Å². The predicted molar refractivity (Wildman–Crippen MR) is 76.8 cm³/mol. The fourth-order valence-corrected chi connectivity index (χ4v) is 3.88. The first-order valence-corrected chi connectivity index (χ1v) is 7.85. The van der Waals surface area contributed by atoms with E-state index in [-0.39, 0.29) is 11.3 Å². The highest BCUT2D eigenvalue weighted by atomic mass is 32.1. The van der Waals surface area contributed by atoms with E-state index in [4.69, 9.17) is 4.74 Å². The van der Waals surface area contributed by atoms with E-state index in [0.29, 0.717) is 6.54 Å². The number of fused-ring (bicyclic) bond motifs is 1. The molecule has 1 aliphatic carbocycles. The van der Waals surface area contributed by atoms with Crippen molar-refractivity contribution in [3.8, 4) is 0 Å². The summed E-state index contributed by atoms with van der Waals surface area (Å²) in [5.74, 6) is 0.837. The molecule has 0 spiro atoms. The minimum atomic E-state index is 0.0835. The van der Waals surface area contributed by atoms with E-state index in [1.165, 1.54) is 16.9 Å². The third-order valence-corrected chi connectivity index (χ3v) is 5.37. The lowest BCUT2D eigenvalue weighted by molar-refractivity contribution is -0.0978. The van der Waals surface area contributed by atoms with Gasteiger partial charge in [-0.3, -0.25) is 4.79 Å². The summed E-state index contributed by atoms with van der Waals surface area (Å²) in [6.07, 6.45) is 3.52. The summed E-state index contributed by atoms with van der Waals surface area (Å²) >= 11 is 1.68. The number of thiophene rings is 1. The molecule has 2 aliphatic rings. The van der Waals surface area contributed by atoms with Gasteiger partial charge in [0, 0.05) is 16.8 Å². The standard InChI is InChI=1S/C15H21NO2S/c1-10-3-4-12-11(5-10)6-13(19-12)14(17)16-7-15(2)8-18-9-15/h6,10H,3-5,7-9H2,1-2H3,(H,16,17). The van der Waals surface area contributed by atoms with Gasteiger partial charge in [0.2, 0.25) is 0 Å². The highest BCUT2D eigenvalue weighted by Crippen LogP contribution is 2.32. The molecule has 0 saturated carbocycles. The van der Waals surface area contributed by atoms with E-state index in [9.17, 15) is 4.79 Å². The smallest absolute Gasteiger partial charge is 0.261 e. The molecular formula is C15H21NO2S. The second kappa shape index (κ2) is 4.91. The minimum absolute atomic E-state index is 0.0835. The van der Waals surface area contributed by atoms with Crippen LogP contribution in [0.25, 0.3) is 0 Å². The van der Waals surface area contributed by atoms with Gasteiger partial charge in [-0.05, 0) is 36.8 Å². The van der Waals surface area contributed by atoms with Crippen LogP contribution in [0.15, 0.2) is 6.07 Å². The Hall–Kier alpha value is -0.870. The van der Waals surface area contributed by atoms with Gasteiger partial charge >= 0.3 is 0 Å². The molecule has 1 aromatic heterocycles. The molecule has 0 aromatic carbocycles. The van der Waals surface area contributed by atoms with Gasteiger partial charge in [0.15, 0.2) is 0 Å². The number of amides is 1. The molecule has 1 aliphatic heterocycles. The van der Waals surface area contributed by atoms with E-state index in [2.05, 4.69) is 25.2 Å². The quantitative estimate of drug-likeness (QED) is 0.923. The van der Waals surface area contributed by atoms with E-state index in [0.717, 1.165) is 36.9 Å².